The molecule has 3 atom stereocenters. The molecule has 0 saturated heterocycles. The third-order valence-corrected chi connectivity index (χ3v) is 4.15. The molecule has 0 rings (SSSR count). The molecule has 0 fully saturated rings. The van der Waals surface area contributed by atoms with Crippen molar-refractivity contribution in [3.63, 3.8) is 0 Å². The summed E-state index contributed by atoms with van der Waals surface area (Å²) in [5.41, 5.74) is 0. The average Bonchev–Trinajstić information content (AvgIpc) is 2.49. The smallest absolute Gasteiger partial charge is 0.0897 e. The Kier molecular flexibility index (Phi) is 14.7. The predicted molar refractivity (Wildman–Crippen MR) is 91.7 cm³/mol. The van der Waals surface area contributed by atoms with E-state index in [1.165, 1.54) is 51.4 Å². The minimum atomic E-state index is -0.387. The van der Waals surface area contributed by atoms with Crippen LogP contribution in [0.4, 0.5) is 0 Å². The summed E-state index contributed by atoms with van der Waals surface area (Å²) in [6.07, 6.45) is 9.58. The number of ether oxygens (including phenoxy) is 1. The lowest BCUT2D eigenvalue weighted by Gasteiger charge is -2.19. The highest BCUT2D eigenvalue weighted by molar-refractivity contribution is 4.65. The SMILES string of the molecule is CCCCCC(C)NCC(O)COCC(CC)CCCC. The van der Waals surface area contributed by atoms with Gasteiger partial charge in [0.1, 0.15) is 0 Å². The first kappa shape index (κ1) is 20.9. The second-order valence-corrected chi connectivity index (χ2v) is 6.41. The summed E-state index contributed by atoms with van der Waals surface area (Å²) >= 11 is 0. The van der Waals surface area contributed by atoms with Gasteiger partial charge in [-0.25, -0.2) is 0 Å². The number of nitrogens with one attached hydrogen (secondary N) is 1. The molecule has 0 aliphatic carbocycles. The molecule has 0 aromatic rings. The molecule has 0 aliphatic heterocycles. The standard InChI is InChI=1S/C18H39NO2/c1-5-8-10-11-16(4)19-13-18(20)15-21-14-17(7-3)12-9-6-2/h16-20H,5-15H2,1-4H3. The lowest BCUT2D eigenvalue weighted by Crippen LogP contribution is -2.36. The van der Waals surface area contributed by atoms with E-state index in [1.54, 1.807) is 0 Å². The van der Waals surface area contributed by atoms with Crippen LogP contribution in [0.15, 0.2) is 0 Å². The van der Waals surface area contributed by atoms with E-state index in [9.17, 15) is 5.11 Å². The molecule has 21 heavy (non-hydrogen) atoms. The van der Waals surface area contributed by atoms with Crippen LogP contribution in [0.2, 0.25) is 0 Å². The molecule has 0 spiro atoms. The zero-order chi connectivity index (χ0) is 15.9. The van der Waals surface area contributed by atoms with Crippen molar-refractivity contribution in [2.24, 2.45) is 5.92 Å². The van der Waals surface area contributed by atoms with E-state index in [0.29, 0.717) is 25.1 Å². The molecule has 3 unspecified atom stereocenters. The lowest BCUT2D eigenvalue weighted by atomic mass is 10.0. The van der Waals surface area contributed by atoms with Crippen LogP contribution >= 0.6 is 0 Å². The van der Waals surface area contributed by atoms with Crippen molar-refractivity contribution in [3.05, 3.63) is 0 Å². The second-order valence-electron chi connectivity index (χ2n) is 6.41. The van der Waals surface area contributed by atoms with Crippen molar-refractivity contribution in [2.45, 2.75) is 91.2 Å². The number of hydrogen-bond acceptors (Lipinski definition) is 3. The molecule has 3 nitrogen and oxygen atoms in total. The van der Waals surface area contributed by atoms with E-state index in [1.807, 2.05) is 0 Å². The normalized spacial score (nSPS) is 15.9. The Bertz CT molecular complexity index is 211. The van der Waals surface area contributed by atoms with Crippen LogP contribution < -0.4 is 5.32 Å². The van der Waals surface area contributed by atoms with Gasteiger partial charge in [-0.2, -0.15) is 0 Å². The predicted octanol–water partition coefficient (Wildman–Crippen LogP) is 4.14. The first-order valence-electron chi connectivity index (χ1n) is 9.13. The van der Waals surface area contributed by atoms with Gasteiger partial charge in [0.2, 0.25) is 0 Å². The highest BCUT2D eigenvalue weighted by Crippen LogP contribution is 2.12. The topological polar surface area (TPSA) is 41.5 Å². The van der Waals surface area contributed by atoms with Gasteiger partial charge in [0.05, 0.1) is 12.7 Å². The molecule has 0 aliphatic rings. The fourth-order valence-electron chi connectivity index (χ4n) is 2.47. The lowest BCUT2D eigenvalue weighted by molar-refractivity contribution is 0.0184. The van der Waals surface area contributed by atoms with Crippen molar-refractivity contribution in [3.8, 4) is 0 Å². The molecule has 128 valence electrons. The van der Waals surface area contributed by atoms with Crippen molar-refractivity contribution in [1.82, 2.24) is 5.32 Å². The average molecular weight is 302 g/mol. The van der Waals surface area contributed by atoms with Crippen LogP contribution in [0.1, 0.15) is 79.1 Å². The van der Waals surface area contributed by atoms with Crippen LogP contribution in [0.5, 0.6) is 0 Å². The Balaban J connectivity index is 3.58. The minimum Gasteiger partial charge on any atom is -0.389 e. The van der Waals surface area contributed by atoms with Gasteiger partial charge in [0, 0.05) is 19.2 Å². The van der Waals surface area contributed by atoms with Crippen LogP contribution in [0, 0.1) is 5.92 Å². The molecular weight excluding hydrogens is 262 g/mol. The van der Waals surface area contributed by atoms with Crippen molar-refractivity contribution in [1.29, 1.82) is 0 Å². The molecule has 0 bridgehead atoms. The molecule has 0 amide bonds. The molecule has 0 aromatic heterocycles. The fourth-order valence-corrected chi connectivity index (χ4v) is 2.47. The van der Waals surface area contributed by atoms with Crippen molar-refractivity contribution >= 4 is 0 Å². The minimum absolute atomic E-state index is 0.387. The molecule has 0 heterocycles. The number of aliphatic hydroxyl groups is 1. The fraction of sp³-hybridized carbons (Fsp3) is 1.00. The Morgan fingerprint density at radius 1 is 0.952 bits per heavy atom. The van der Waals surface area contributed by atoms with Gasteiger partial charge in [-0.3, -0.25) is 0 Å². The van der Waals surface area contributed by atoms with Gasteiger partial charge in [0.25, 0.3) is 0 Å². The molecular formula is C18H39NO2. The summed E-state index contributed by atoms with van der Waals surface area (Å²) < 4.78 is 5.69. The molecule has 0 radical (unpaired) electrons. The summed E-state index contributed by atoms with van der Waals surface area (Å²) in [6, 6.07) is 0.485. The number of rotatable bonds is 15. The highest BCUT2D eigenvalue weighted by Gasteiger charge is 2.10. The Hall–Kier alpha value is -0.120. The van der Waals surface area contributed by atoms with E-state index in [-0.39, 0.29) is 6.10 Å². The van der Waals surface area contributed by atoms with E-state index in [0.717, 1.165) is 6.61 Å². The second kappa shape index (κ2) is 14.8. The summed E-state index contributed by atoms with van der Waals surface area (Å²) in [6.45, 7) is 10.8. The summed E-state index contributed by atoms with van der Waals surface area (Å²) in [7, 11) is 0. The number of unbranched alkanes of at least 4 members (excludes halogenated alkanes) is 3. The van der Waals surface area contributed by atoms with E-state index in [2.05, 4.69) is 33.0 Å². The summed E-state index contributed by atoms with van der Waals surface area (Å²) in [5, 5.41) is 13.3. The molecule has 3 heteroatoms. The zero-order valence-corrected chi connectivity index (χ0v) is 14.9. The first-order chi connectivity index (χ1) is 10.1. The molecule has 0 aromatic carbocycles. The maximum Gasteiger partial charge on any atom is 0.0897 e. The monoisotopic (exact) mass is 301 g/mol. The van der Waals surface area contributed by atoms with Crippen LogP contribution in [-0.4, -0.2) is 37.0 Å². The third-order valence-electron chi connectivity index (χ3n) is 4.15. The number of aliphatic hydroxyl groups excluding tert-OH is 1. The van der Waals surface area contributed by atoms with Gasteiger partial charge in [-0.05, 0) is 25.7 Å². The third kappa shape index (κ3) is 13.3. The van der Waals surface area contributed by atoms with Crippen LogP contribution in [0.25, 0.3) is 0 Å². The summed E-state index contributed by atoms with van der Waals surface area (Å²) in [4.78, 5) is 0. The van der Waals surface area contributed by atoms with Gasteiger partial charge in [-0.1, -0.05) is 59.3 Å². The zero-order valence-electron chi connectivity index (χ0n) is 14.9. The molecule has 0 saturated carbocycles. The Labute approximate surface area is 132 Å². The van der Waals surface area contributed by atoms with Crippen LogP contribution in [0.3, 0.4) is 0 Å². The quantitative estimate of drug-likeness (QED) is 0.447. The highest BCUT2D eigenvalue weighted by atomic mass is 16.5. The van der Waals surface area contributed by atoms with Gasteiger partial charge in [0.15, 0.2) is 0 Å². The van der Waals surface area contributed by atoms with E-state index < -0.39 is 0 Å². The maximum absolute atomic E-state index is 9.94. The van der Waals surface area contributed by atoms with Crippen molar-refractivity contribution in [2.75, 3.05) is 19.8 Å². The van der Waals surface area contributed by atoms with Crippen molar-refractivity contribution < 1.29 is 9.84 Å². The van der Waals surface area contributed by atoms with Crippen LogP contribution in [-0.2, 0) is 4.74 Å². The van der Waals surface area contributed by atoms with E-state index in [4.69, 9.17) is 4.74 Å². The Morgan fingerprint density at radius 2 is 1.67 bits per heavy atom. The van der Waals surface area contributed by atoms with Gasteiger partial charge < -0.3 is 15.2 Å². The van der Waals surface area contributed by atoms with Gasteiger partial charge in [-0.15, -0.1) is 0 Å². The number of hydrogen-bond donors (Lipinski definition) is 2. The first-order valence-corrected chi connectivity index (χ1v) is 9.13. The summed E-state index contributed by atoms with van der Waals surface area (Å²) in [5.74, 6) is 0.651. The maximum atomic E-state index is 9.94. The largest absolute Gasteiger partial charge is 0.389 e. The van der Waals surface area contributed by atoms with E-state index >= 15 is 0 Å². The van der Waals surface area contributed by atoms with Gasteiger partial charge >= 0.3 is 0 Å². The molecule has 2 N–H and O–H groups in total. The Morgan fingerprint density at radius 3 is 2.29 bits per heavy atom.